The predicted molar refractivity (Wildman–Crippen MR) is 112 cm³/mol. The molecule has 0 heterocycles. The summed E-state index contributed by atoms with van der Waals surface area (Å²) in [5.74, 6) is 0.935. The van der Waals surface area contributed by atoms with Gasteiger partial charge in [0.2, 0.25) is 0 Å². The number of carbonyl (C=O) groups excluding carboxylic acids is 1. The first-order valence-electron chi connectivity index (χ1n) is 8.73. The Hall–Kier alpha value is -3.31. The van der Waals surface area contributed by atoms with Crippen LogP contribution in [0.1, 0.15) is 27.8 Å². The average Bonchev–Trinajstić information content (AvgIpc) is 2.72. The second-order valence-corrected chi connectivity index (χ2v) is 6.25. The van der Waals surface area contributed by atoms with E-state index in [0.29, 0.717) is 5.75 Å². The van der Waals surface area contributed by atoms with Crippen LogP contribution >= 0.6 is 0 Å². The third-order valence-corrected chi connectivity index (χ3v) is 4.51. The summed E-state index contributed by atoms with van der Waals surface area (Å²) in [6.07, 6.45) is 6.25. The molecule has 0 saturated carbocycles. The molecule has 0 unspecified atom stereocenters. The Labute approximate surface area is 165 Å². The van der Waals surface area contributed by atoms with Gasteiger partial charge in [0, 0.05) is 11.6 Å². The highest BCUT2D eigenvalue weighted by Crippen LogP contribution is 2.32. The number of aryl methyl sites for hydroxylation is 1. The zero-order valence-corrected chi connectivity index (χ0v) is 16.6. The van der Waals surface area contributed by atoms with E-state index in [1.165, 1.54) is 12.2 Å². The van der Waals surface area contributed by atoms with Gasteiger partial charge in [-0.15, -0.1) is 0 Å². The Morgan fingerprint density at radius 2 is 1.75 bits per heavy atom. The molecule has 0 spiro atoms. The molecular weight excluding hydrogens is 354 g/mol. The summed E-state index contributed by atoms with van der Waals surface area (Å²) in [5.41, 5.74) is 7.42. The van der Waals surface area contributed by atoms with E-state index in [1.54, 1.807) is 25.8 Å². The molecular formula is C23H25NO4. The van der Waals surface area contributed by atoms with Crippen LogP contribution in [0, 0.1) is 13.8 Å². The number of hydrogen-bond acceptors (Lipinski definition) is 4. The van der Waals surface area contributed by atoms with Crippen LogP contribution in [0.15, 0.2) is 55.1 Å². The Morgan fingerprint density at radius 1 is 1.04 bits per heavy atom. The summed E-state index contributed by atoms with van der Waals surface area (Å²) in [4.78, 5) is 11.0. The summed E-state index contributed by atoms with van der Waals surface area (Å²) in [5, 5.41) is 8.50. The van der Waals surface area contributed by atoms with Crippen molar-refractivity contribution in [2.45, 2.75) is 13.8 Å². The molecule has 2 N–H and O–H groups in total. The van der Waals surface area contributed by atoms with Crippen molar-refractivity contribution < 1.29 is 19.5 Å². The number of amides is 1. The largest absolute Gasteiger partial charge is 0.496 e. The fraction of sp³-hybridized carbons (Fsp3) is 0.174. The van der Waals surface area contributed by atoms with Gasteiger partial charge in [0.25, 0.3) is 5.91 Å². The van der Waals surface area contributed by atoms with Gasteiger partial charge >= 0.3 is 0 Å². The van der Waals surface area contributed by atoms with Gasteiger partial charge < -0.3 is 9.47 Å². The summed E-state index contributed by atoms with van der Waals surface area (Å²) >= 11 is 0. The van der Waals surface area contributed by atoms with E-state index < -0.39 is 5.91 Å². The molecule has 0 fully saturated rings. The highest BCUT2D eigenvalue weighted by Gasteiger charge is 2.10. The normalized spacial score (nSPS) is 11.0. The summed E-state index contributed by atoms with van der Waals surface area (Å²) in [6.45, 7) is 8.33. The smallest absolute Gasteiger partial charge is 0.267 e. The fourth-order valence-corrected chi connectivity index (χ4v) is 2.77. The molecule has 0 radical (unpaired) electrons. The van der Waals surface area contributed by atoms with Crippen molar-refractivity contribution in [3.63, 3.8) is 0 Å². The molecule has 0 aliphatic heterocycles. The molecule has 0 bridgehead atoms. The van der Waals surface area contributed by atoms with Crippen LogP contribution in [0.4, 0.5) is 0 Å². The maximum atomic E-state index is 11.0. The molecule has 146 valence electrons. The van der Waals surface area contributed by atoms with Crippen molar-refractivity contribution in [2.75, 3.05) is 14.2 Å². The lowest BCUT2D eigenvalue weighted by molar-refractivity contribution is -0.124. The van der Waals surface area contributed by atoms with Crippen LogP contribution in [0.2, 0.25) is 0 Å². The van der Waals surface area contributed by atoms with Crippen molar-refractivity contribution in [3.05, 3.63) is 83.0 Å². The molecule has 2 aromatic carbocycles. The molecule has 0 saturated heterocycles. The molecule has 5 nitrogen and oxygen atoms in total. The van der Waals surface area contributed by atoms with Crippen molar-refractivity contribution in [2.24, 2.45) is 0 Å². The van der Waals surface area contributed by atoms with Gasteiger partial charge in [-0.25, -0.2) is 5.48 Å². The minimum atomic E-state index is -0.595. The monoisotopic (exact) mass is 379 g/mol. The second kappa shape index (κ2) is 9.58. The molecule has 0 aliphatic carbocycles. The van der Waals surface area contributed by atoms with E-state index in [4.69, 9.17) is 14.7 Å². The van der Waals surface area contributed by atoms with Crippen LogP contribution in [0.5, 0.6) is 11.5 Å². The predicted octanol–water partition coefficient (Wildman–Crippen LogP) is 4.46. The third-order valence-electron chi connectivity index (χ3n) is 4.51. The van der Waals surface area contributed by atoms with Gasteiger partial charge in [0.15, 0.2) is 0 Å². The standard InChI is InChI=1S/C23H25NO4/c1-15-12-20(14-22(28-5)16(15)2)17(3)18-10-11-21(27-4)19(13-18)8-6-7-9-23(25)24-26/h6-14,26H,3H2,1-2,4-5H3,(H,24,25)/b8-6+,9-7+. The molecule has 2 rings (SSSR count). The lowest BCUT2D eigenvalue weighted by Crippen LogP contribution is -2.14. The van der Waals surface area contributed by atoms with Crippen LogP contribution in [-0.2, 0) is 4.79 Å². The first kappa shape index (κ1) is 21.0. The van der Waals surface area contributed by atoms with Gasteiger partial charge in [-0.3, -0.25) is 10.0 Å². The Morgan fingerprint density at radius 3 is 2.39 bits per heavy atom. The van der Waals surface area contributed by atoms with Crippen LogP contribution in [0.25, 0.3) is 11.6 Å². The van der Waals surface area contributed by atoms with Crippen LogP contribution in [-0.4, -0.2) is 25.3 Å². The highest BCUT2D eigenvalue weighted by atomic mass is 16.5. The molecule has 2 aromatic rings. The Bertz CT molecular complexity index is 942. The van der Waals surface area contributed by atoms with Crippen molar-refractivity contribution in [1.82, 2.24) is 5.48 Å². The van der Waals surface area contributed by atoms with Crippen LogP contribution in [0.3, 0.4) is 0 Å². The Kier molecular flexibility index (Phi) is 7.18. The lowest BCUT2D eigenvalue weighted by atomic mass is 9.94. The summed E-state index contributed by atoms with van der Waals surface area (Å²) < 4.78 is 10.9. The molecule has 1 amide bonds. The number of hydroxylamine groups is 1. The summed E-state index contributed by atoms with van der Waals surface area (Å²) in [6, 6.07) is 9.88. The first-order valence-corrected chi connectivity index (χ1v) is 8.73. The number of allylic oxidation sites excluding steroid dienone is 2. The molecule has 0 aliphatic rings. The Balaban J connectivity index is 2.38. The molecule has 5 heteroatoms. The fourth-order valence-electron chi connectivity index (χ4n) is 2.77. The number of nitrogens with one attached hydrogen (secondary N) is 1. The lowest BCUT2D eigenvalue weighted by Gasteiger charge is -2.14. The highest BCUT2D eigenvalue weighted by molar-refractivity contribution is 5.87. The minimum Gasteiger partial charge on any atom is -0.496 e. The minimum absolute atomic E-state index is 0.595. The van der Waals surface area contributed by atoms with Crippen molar-refractivity contribution in [3.8, 4) is 11.5 Å². The van der Waals surface area contributed by atoms with E-state index in [9.17, 15) is 4.79 Å². The number of ether oxygens (including phenoxy) is 2. The van der Waals surface area contributed by atoms with Gasteiger partial charge in [-0.2, -0.15) is 0 Å². The summed E-state index contributed by atoms with van der Waals surface area (Å²) in [7, 11) is 3.26. The maximum absolute atomic E-state index is 11.0. The topological polar surface area (TPSA) is 67.8 Å². The molecule has 28 heavy (non-hydrogen) atoms. The van der Waals surface area contributed by atoms with E-state index in [0.717, 1.165) is 39.1 Å². The van der Waals surface area contributed by atoms with E-state index in [-0.39, 0.29) is 0 Å². The maximum Gasteiger partial charge on any atom is 0.267 e. The SMILES string of the molecule is C=C(c1ccc(OC)c(/C=C/C=C/C(=O)NO)c1)c1cc(C)c(C)c(OC)c1. The third kappa shape index (κ3) is 4.90. The zero-order chi connectivity index (χ0) is 20.7. The van der Waals surface area contributed by atoms with E-state index >= 15 is 0 Å². The number of rotatable bonds is 7. The second-order valence-electron chi connectivity index (χ2n) is 6.25. The first-order chi connectivity index (χ1) is 13.4. The van der Waals surface area contributed by atoms with E-state index in [2.05, 4.69) is 12.6 Å². The number of methoxy groups -OCH3 is 2. The molecule has 0 aromatic heterocycles. The number of hydrogen-bond donors (Lipinski definition) is 2. The van der Waals surface area contributed by atoms with Gasteiger partial charge in [-0.05, 0) is 59.9 Å². The quantitative estimate of drug-likeness (QED) is 0.323. The number of carbonyl (C=O) groups is 1. The van der Waals surface area contributed by atoms with Crippen molar-refractivity contribution >= 4 is 17.6 Å². The van der Waals surface area contributed by atoms with E-state index in [1.807, 2.05) is 44.2 Å². The van der Waals surface area contributed by atoms with Gasteiger partial charge in [-0.1, -0.05) is 36.9 Å². The number of benzene rings is 2. The van der Waals surface area contributed by atoms with Crippen molar-refractivity contribution in [1.29, 1.82) is 0 Å². The van der Waals surface area contributed by atoms with Crippen LogP contribution < -0.4 is 15.0 Å². The average molecular weight is 379 g/mol. The van der Waals surface area contributed by atoms with Gasteiger partial charge in [0.1, 0.15) is 11.5 Å². The molecule has 0 atom stereocenters. The van der Waals surface area contributed by atoms with Gasteiger partial charge in [0.05, 0.1) is 14.2 Å². The zero-order valence-electron chi connectivity index (χ0n) is 16.6.